The number of hydrogen-bond acceptors (Lipinski definition) is 2. The van der Waals surface area contributed by atoms with E-state index in [4.69, 9.17) is 4.74 Å². The Bertz CT molecular complexity index is 323. The van der Waals surface area contributed by atoms with Crippen molar-refractivity contribution in [3.8, 4) is 0 Å². The Morgan fingerprint density at radius 1 is 1.47 bits per heavy atom. The van der Waals surface area contributed by atoms with E-state index < -0.39 is 0 Å². The molecule has 0 bridgehead atoms. The number of ether oxygens (including phenoxy) is 1. The quantitative estimate of drug-likeness (QED) is 0.745. The van der Waals surface area contributed by atoms with Crippen molar-refractivity contribution in [3.05, 3.63) is 35.4 Å². The molecular formula is C12H17NO2. The first-order chi connectivity index (χ1) is 7.27. The molecule has 0 unspecified atom stereocenters. The fourth-order valence-corrected chi connectivity index (χ4v) is 1.30. The minimum atomic E-state index is -0.0395. The maximum absolute atomic E-state index is 11.6. The number of carbonyl (C=O) groups is 1. The number of aryl methyl sites for hydroxylation is 1. The van der Waals surface area contributed by atoms with Crippen molar-refractivity contribution in [1.82, 2.24) is 5.32 Å². The van der Waals surface area contributed by atoms with Crippen LogP contribution in [-0.2, 0) is 11.2 Å². The van der Waals surface area contributed by atoms with Crippen molar-refractivity contribution >= 4 is 5.91 Å². The van der Waals surface area contributed by atoms with Gasteiger partial charge in [0, 0.05) is 19.2 Å². The van der Waals surface area contributed by atoms with Crippen molar-refractivity contribution in [2.24, 2.45) is 0 Å². The Kier molecular flexibility index (Phi) is 4.84. The highest BCUT2D eigenvalue weighted by molar-refractivity contribution is 5.94. The maximum atomic E-state index is 11.6. The summed E-state index contributed by atoms with van der Waals surface area (Å²) in [5.74, 6) is -0.0395. The van der Waals surface area contributed by atoms with Crippen LogP contribution in [0.2, 0.25) is 0 Å². The van der Waals surface area contributed by atoms with Crippen LogP contribution in [0, 0.1) is 0 Å². The number of rotatable bonds is 5. The Labute approximate surface area is 90.4 Å². The second-order valence-corrected chi connectivity index (χ2v) is 3.30. The van der Waals surface area contributed by atoms with Crippen molar-refractivity contribution in [3.63, 3.8) is 0 Å². The number of nitrogens with one attached hydrogen (secondary N) is 1. The topological polar surface area (TPSA) is 38.3 Å². The van der Waals surface area contributed by atoms with Crippen LogP contribution in [0.5, 0.6) is 0 Å². The molecule has 1 aromatic rings. The average molecular weight is 207 g/mol. The van der Waals surface area contributed by atoms with Gasteiger partial charge in [-0.05, 0) is 24.1 Å². The number of benzene rings is 1. The lowest BCUT2D eigenvalue weighted by Gasteiger charge is -2.05. The Morgan fingerprint density at radius 3 is 2.93 bits per heavy atom. The highest BCUT2D eigenvalue weighted by Gasteiger charge is 2.04. The monoisotopic (exact) mass is 207 g/mol. The van der Waals surface area contributed by atoms with E-state index in [0.717, 1.165) is 6.42 Å². The van der Waals surface area contributed by atoms with Crippen LogP contribution in [-0.4, -0.2) is 26.2 Å². The molecule has 0 aliphatic heterocycles. The normalized spacial score (nSPS) is 10.0. The highest BCUT2D eigenvalue weighted by Crippen LogP contribution is 2.05. The van der Waals surface area contributed by atoms with Gasteiger partial charge in [-0.15, -0.1) is 0 Å². The molecule has 0 aliphatic rings. The Hall–Kier alpha value is -1.35. The van der Waals surface area contributed by atoms with E-state index in [9.17, 15) is 4.79 Å². The Balaban J connectivity index is 2.57. The predicted octanol–water partition coefficient (Wildman–Crippen LogP) is 1.63. The van der Waals surface area contributed by atoms with E-state index in [2.05, 4.69) is 12.2 Å². The first-order valence-electron chi connectivity index (χ1n) is 5.14. The summed E-state index contributed by atoms with van der Waals surface area (Å²) in [5, 5.41) is 2.79. The minimum absolute atomic E-state index is 0.0395. The Morgan fingerprint density at radius 2 is 2.27 bits per heavy atom. The smallest absolute Gasteiger partial charge is 0.251 e. The molecular weight excluding hydrogens is 190 g/mol. The van der Waals surface area contributed by atoms with E-state index in [1.54, 1.807) is 7.11 Å². The minimum Gasteiger partial charge on any atom is -0.383 e. The first-order valence-corrected chi connectivity index (χ1v) is 5.14. The number of carbonyl (C=O) groups excluding carboxylic acids is 1. The van der Waals surface area contributed by atoms with Gasteiger partial charge in [0.1, 0.15) is 0 Å². The van der Waals surface area contributed by atoms with Gasteiger partial charge in [0.25, 0.3) is 5.91 Å². The molecule has 1 N–H and O–H groups in total. The second-order valence-electron chi connectivity index (χ2n) is 3.30. The van der Waals surface area contributed by atoms with Crippen molar-refractivity contribution < 1.29 is 9.53 Å². The molecule has 82 valence electrons. The molecule has 0 aliphatic carbocycles. The molecule has 0 spiro atoms. The molecule has 0 radical (unpaired) electrons. The van der Waals surface area contributed by atoms with Crippen molar-refractivity contribution in [2.75, 3.05) is 20.3 Å². The van der Waals surface area contributed by atoms with E-state index in [-0.39, 0.29) is 5.91 Å². The van der Waals surface area contributed by atoms with Gasteiger partial charge in [0.05, 0.1) is 6.61 Å². The van der Waals surface area contributed by atoms with Gasteiger partial charge >= 0.3 is 0 Å². The zero-order valence-electron chi connectivity index (χ0n) is 9.25. The maximum Gasteiger partial charge on any atom is 0.251 e. The van der Waals surface area contributed by atoms with Crippen LogP contribution in [0.25, 0.3) is 0 Å². The fraction of sp³-hybridized carbons (Fsp3) is 0.417. The number of methoxy groups -OCH3 is 1. The van der Waals surface area contributed by atoms with Gasteiger partial charge in [0.2, 0.25) is 0 Å². The largest absolute Gasteiger partial charge is 0.383 e. The molecule has 1 rings (SSSR count). The third-order valence-corrected chi connectivity index (χ3v) is 2.19. The summed E-state index contributed by atoms with van der Waals surface area (Å²) in [6.45, 7) is 3.16. The first kappa shape index (κ1) is 11.7. The molecule has 0 heterocycles. The molecule has 0 fully saturated rings. The second kappa shape index (κ2) is 6.19. The van der Waals surface area contributed by atoms with E-state index >= 15 is 0 Å². The van der Waals surface area contributed by atoms with E-state index in [0.29, 0.717) is 18.7 Å². The molecule has 0 atom stereocenters. The zero-order valence-corrected chi connectivity index (χ0v) is 9.25. The summed E-state index contributed by atoms with van der Waals surface area (Å²) in [5.41, 5.74) is 1.89. The lowest BCUT2D eigenvalue weighted by Crippen LogP contribution is -2.26. The lowest BCUT2D eigenvalue weighted by molar-refractivity contribution is 0.0937. The van der Waals surface area contributed by atoms with Crippen LogP contribution in [0.4, 0.5) is 0 Å². The summed E-state index contributed by atoms with van der Waals surface area (Å²) in [7, 11) is 1.61. The van der Waals surface area contributed by atoms with Gasteiger partial charge in [0.15, 0.2) is 0 Å². The van der Waals surface area contributed by atoms with Gasteiger partial charge < -0.3 is 10.1 Å². The summed E-state index contributed by atoms with van der Waals surface area (Å²) < 4.78 is 4.86. The molecule has 1 aromatic carbocycles. The van der Waals surface area contributed by atoms with Gasteiger partial charge in [-0.1, -0.05) is 19.1 Å². The van der Waals surface area contributed by atoms with Gasteiger partial charge in [-0.3, -0.25) is 4.79 Å². The average Bonchev–Trinajstić information content (AvgIpc) is 2.29. The summed E-state index contributed by atoms with van der Waals surface area (Å²) in [6, 6.07) is 7.67. The summed E-state index contributed by atoms with van der Waals surface area (Å²) >= 11 is 0. The molecule has 15 heavy (non-hydrogen) atoms. The zero-order chi connectivity index (χ0) is 11.1. The molecule has 0 aromatic heterocycles. The molecule has 0 saturated carbocycles. The third-order valence-electron chi connectivity index (χ3n) is 2.19. The molecule has 3 heteroatoms. The standard InChI is InChI=1S/C12H17NO2/c1-3-10-5-4-6-11(9-10)12(14)13-7-8-15-2/h4-6,9H,3,7-8H2,1-2H3,(H,13,14). The highest BCUT2D eigenvalue weighted by atomic mass is 16.5. The number of hydrogen-bond donors (Lipinski definition) is 1. The van der Waals surface area contributed by atoms with Gasteiger partial charge in [-0.2, -0.15) is 0 Å². The van der Waals surface area contributed by atoms with Crippen LogP contribution in [0.3, 0.4) is 0 Å². The van der Waals surface area contributed by atoms with Gasteiger partial charge in [-0.25, -0.2) is 0 Å². The lowest BCUT2D eigenvalue weighted by atomic mass is 10.1. The van der Waals surface area contributed by atoms with Crippen LogP contribution in [0.1, 0.15) is 22.8 Å². The summed E-state index contributed by atoms with van der Waals surface area (Å²) in [6.07, 6.45) is 0.944. The SMILES string of the molecule is CCc1cccc(C(=O)NCCOC)c1. The fourth-order valence-electron chi connectivity index (χ4n) is 1.30. The van der Waals surface area contributed by atoms with Crippen molar-refractivity contribution in [1.29, 1.82) is 0 Å². The predicted molar refractivity (Wildman–Crippen MR) is 60.0 cm³/mol. The molecule has 1 amide bonds. The van der Waals surface area contributed by atoms with Crippen LogP contribution in [0.15, 0.2) is 24.3 Å². The van der Waals surface area contributed by atoms with Crippen LogP contribution < -0.4 is 5.32 Å². The van der Waals surface area contributed by atoms with Crippen LogP contribution >= 0.6 is 0 Å². The van der Waals surface area contributed by atoms with E-state index in [1.807, 2.05) is 24.3 Å². The van der Waals surface area contributed by atoms with Crippen molar-refractivity contribution in [2.45, 2.75) is 13.3 Å². The summed E-state index contributed by atoms with van der Waals surface area (Å²) in [4.78, 5) is 11.6. The van der Waals surface area contributed by atoms with E-state index in [1.165, 1.54) is 5.56 Å². The molecule has 3 nitrogen and oxygen atoms in total. The molecule has 0 saturated heterocycles. The third kappa shape index (κ3) is 3.72. The number of amides is 1.